The van der Waals surface area contributed by atoms with Crippen LogP contribution >= 0.6 is 11.8 Å². The molecule has 1 N–H and O–H groups in total. The lowest BCUT2D eigenvalue weighted by Crippen LogP contribution is -2.25. The normalized spacial score (nSPS) is 16.8. The first kappa shape index (κ1) is 22.2. The Kier molecular flexibility index (Phi) is 7.11. The van der Waals surface area contributed by atoms with Crippen molar-refractivity contribution in [2.24, 2.45) is 10.2 Å². The van der Waals surface area contributed by atoms with E-state index in [2.05, 4.69) is 15.5 Å². The van der Waals surface area contributed by atoms with Crippen molar-refractivity contribution in [3.63, 3.8) is 0 Å². The molecule has 1 atom stereocenters. The number of nitrogens with zero attached hydrogens (tertiary/aromatic N) is 3. The van der Waals surface area contributed by atoms with E-state index in [1.165, 1.54) is 23.9 Å². The maximum Gasteiger partial charge on any atom is 0.269 e. The summed E-state index contributed by atoms with van der Waals surface area (Å²) in [7, 11) is 0. The number of hydrogen-bond donors (Lipinski definition) is 1. The average molecular weight is 461 g/mol. The van der Waals surface area contributed by atoms with Gasteiger partial charge in [0.15, 0.2) is 5.17 Å². The SMILES string of the molecule is O=C1N/C(=N\N=C\c2ccccc2OCc2ccccc2)SC1Cc1cccc([N+](=O)[O-])c1. The number of ether oxygens (including phenoxy) is 1. The van der Waals surface area contributed by atoms with Crippen molar-refractivity contribution in [3.8, 4) is 5.75 Å². The van der Waals surface area contributed by atoms with Crippen LogP contribution < -0.4 is 10.1 Å². The van der Waals surface area contributed by atoms with E-state index in [9.17, 15) is 14.9 Å². The van der Waals surface area contributed by atoms with Crippen LogP contribution in [0.25, 0.3) is 0 Å². The minimum atomic E-state index is -0.450. The fourth-order valence-corrected chi connectivity index (χ4v) is 4.16. The van der Waals surface area contributed by atoms with Crippen molar-refractivity contribution in [3.05, 3.63) is 106 Å². The third-order valence-electron chi connectivity index (χ3n) is 4.82. The van der Waals surface area contributed by atoms with Crippen LogP contribution in [0.4, 0.5) is 5.69 Å². The van der Waals surface area contributed by atoms with Gasteiger partial charge in [-0.1, -0.05) is 66.4 Å². The Morgan fingerprint density at radius 3 is 2.61 bits per heavy atom. The predicted octanol–water partition coefficient (Wildman–Crippen LogP) is 4.34. The molecule has 9 heteroatoms. The lowest BCUT2D eigenvalue weighted by Gasteiger charge is -2.08. The molecule has 1 aliphatic rings. The van der Waals surface area contributed by atoms with E-state index in [-0.39, 0.29) is 11.6 Å². The van der Waals surface area contributed by atoms with Crippen molar-refractivity contribution >= 4 is 34.7 Å². The number of carbonyl (C=O) groups excluding carboxylic acids is 1. The lowest BCUT2D eigenvalue weighted by molar-refractivity contribution is -0.384. The van der Waals surface area contributed by atoms with Crippen LogP contribution in [0, 0.1) is 10.1 Å². The van der Waals surface area contributed by atoms with Gasteiger partial charge in [0.2, 0.25) is 5.91 Å². The molecule has 0 aliphatic carbocycles. The molecule has 1 fully saturated rings. The number of hydrogen-bond acceptors (Lipinski definition) is 7. The Bertz CT molecular complexity index is 1210. The van der Waals surface area contributed by atoms with E-state index in [0.29, 0.717) is 29.5 Å². The Morgan fingerprint density at radius 2 is 1.79 bits per heavy atom. The van der Waals surface area contributed by atoms with Crippen molar-refractivity contribution < 1.29 is 14.5 Å². The van der Waals surface area contributed by atoms with Gasteiger partial charge in [0.25, 0.3) is 5.69 Å². The lowest BCUT2D eigenvalue weighted by atomic mass is 10.1. The van der Waals surface area contributed by atoms with Gasteiger partial charge in [-0.2, -0.15) is 5.10 Å². The fourth-order valence-electron chi connectivity index (χ4n) is 3.20. The summed E-state index contributed by atoms with van der Waals surface area (Å²) in [6.45, 7) is 0.436. The molecule has 0 aromatic heterocycles. The van der Waals surface area contributed by atoms with Gasteiger partial charge in [0.1, 0.15) is 12.4 Å². The molecule has 0 radical (unpaired) electrons. The van der Waals surface area contributed by atoms with E-state index >= 15 is 0 Å². The van der Waals surface area contributed by atoms with E-state index in [1.807, 2.05) is 54.6 Å². The number of thioether (sulfide) groups is 1. The number of nitro benzene ring substituents is 1. The van der Waals surface area contributed by atoms with Crippen LogP contribution in [0.2, 0.25) is 0 Å². The van der Waals surface area contributed by atoms with E-state index < -0.39 is 10.2 Å². The van der Waals surface area contributed by atoms with Crippen LogP contribution in [0.1, 0.15) is 16.7 Å². The van der Waals surface area contributed by atoms with Gasteiger partial charge in [0.05, 0.1) is 16.4 Å². The molecule has 3 aromatic rings. The Morgan fingerprint density at radius 1 is 1.03 bits per heavy atom. The zero-order valence-electron chi connectivity index (χ0n) is 17.5. The summed E-state index contributed by atoms with van der Waals surface area (Å²) in [5, 5.41) is 21.8. The molecule has 1 aliphatic heterocycles. The molecule has 33 heavy (non-hydrogen) atoms. The number of rotatable bonds is 8. The second-order valence-corrected chi connectivity index (χ2v) is 8.38. The van der Waals surface area contributed by atoms with Crippen LogP contribution in [0.3, 0.4) is 0 Å². The number of para-hydroxylation sites is 1. The molecule has 3 aromatic carbocycles. The molecule has 166 valence electrons. The molecule has 1 heterocycles. The topological polar surface area (TPSA) is 106 Å². The monoisotopic (exact) mass is 460 g/mol. The first-order valence-corrected chi connectivity index (χ1v) is 11.0. The van der Waals surface area contributed by atoms with E-state index in [0.717, 1.165) is 11.1 Å². The number of nitrogens with one attached hydrogen (secondary N) is 1. The molecule has 1 amide bonds. The van der Waals surface area contributed by atoms with Gasteiger partial charge in [-0.05, 0) is 29.7 Å². The second kappa shape index (κ2) is 10.6. The molecular weight excluding hydrogens is 440 g/mol. The number of amides is 1. The summed E-state index contributed by atoms with van der Waals surface area (Å²) >= 11 is 1.25. The Hall–Kier alpha value is -3.98. The zero-order chi connectivity index (χ0) is 23.0. The fraction of sp³-hybridized carbons (Fsp3) is 0.125. The molecule has 1 saturated heterocycles. The zero-order valence-corrected chi connectivity index (χ0v) is 18.3. The highest BCUT2D eigenvalue weighted by molar-refractivity contribution is 8.15. The number of benzene rings is 3. The van der Waals surface area contributed by atoms with Crippen molar-refractivity contribution in [2.75, 3.05) is 0 Å². The minimum absolute atomic E-state index is 0.00236. The summed E-state index contributed by atoms with van der Waals surface area (Å²) in [5.74, 6) is 0.476. The molecule has 0 spiro atoms. The number of non-ortho nitro benzene ring substituents is 1. The van der Waals surface area contributed by atoms with Gasteiger partial charge in [-0.15, -0.1) is 5.10 Å². The molecular formula is C24H20N4O4S. The maximum absolute atomic E-state index is 12.3. The molecule has 0 saturated carbocycles. The smallest absolute Gasteiger partial charge is 0.269 e. The second-order valence-electron chi connectivity index (χ2n) is 7.19. The minimum Gasteiger partial charge on any atom is -0.488 e. The predicted molar refractivity (Wildman–Crippen MR) is 129 cm³/mol. The van der Waals surface area contributed by atoms with Crippen molar-refractivity contribution in [2.45, 2.75) is 18.3 Å². The molecule has 8 nitrogen and oxygen atoms in total. The van der Waals surface area contributed by atoms with Crippen LogP contribution in [0.5, 0.6) is 5.75 Å². The average Bonchev–Trinajstić information content (AvgIpc) is 3.18. The third kappa shape index (κ3) is 6.05. The van der Waals surface area contributed by atoms with Crippen molar-refractivity contribution in [1.29, 1.82) is 0 Å². The first-order chi connectivity index (χ1) is 16.1. The number of nitro groups is 1. The number of amidine groups is 1. The third-order valence-corrected chi connectivity index (χ3v) is 5.89. The summed E-state index contributed by atoms with van der Waals surface area (Å²) in [6, 6.07) is 23.6. The highest BCUT2D eigenvalue weighted by Gasteiger charge is 2.30. The van der Waals surface area contributed by atoms with Crippen LogP contribution in [-0.2, 0) is 17.8 Å². The standard InChI is InChI=1S/C24H20N4O4S/c29-23-22(14-18-9-6-11-20(13-18)28(30)31)33-24(26-23)27-25-15-19-10-4-5-12-21(19)32-16-17-7-2-1-3-8-17/h1-13,15,22H,14,16H2,(H,26,27,29)/b25-15+. The van der Waals surface area contributed by atoms with E-state index in [1.54, 1.807) is 18.3 Å². The first-order valence-electron chi connectivity index (χ1n) is 10.2. The summed E-state index contributed by atoms with van der Waals surface area (Å²) in [6.07, 6.45) is 1.94. The number of carbonyl (C=O) groups is 1. The Labute approximate surface area is 194 Å². The largest absolute Gasteiger partial charge is 0.488 e. The summed E-state index contributed by atoms with van der Waals surface area (Å²) in [5.41, 5.74) is 2.54. The Balaban J connectivity index is 1.38. The van der Waals surface area contributed by atoms with E-state index in [4.69, 9.17) is 4.74 Å². The molecule has 4 rings (SSSR count). The molecule has 1 unspecified atom stereocenters. The van der Waals surface area contributed by atoms with Gasteiger partial charge in [0, 0.05) is 17.7 Å². The van der Waals surface area contributed by atoms with Gasteiger partial charge >= 0.3 is 0 Å². The highest BCUT2D eigenvalue weighted by Crippen LogP contribution is 2.25. The van der Waals surface area contributed by atoms with Gasteiger partial charge in [-0.25, -0.2) is 0 Å². The maximum atomic E-state index is 12.3. The van der Waals surface area contributed by atoms with Gasteiger partial charge in [-0.3, -0.25) is 14.9 Å². The highest BCUT2D eigenvalue weighted by atomic mass is 32.2. The quantitative estimate of drug-likeness (QED) is 0.306. The van der Waals surface area contributed by atoms with Crippen LogP contribution in [0.15, 0.2) is 89.1 Å². The van der Waals surface area contributed by atoms with Crippen LogP contribution in [-0.4, -0.2) is 27.5 Å². The summed E-state index contributed by atoms with van der Waals surface area (Å²) < 4.78 is 5.91. The molecule has 0 bridgehead atoms. The van der Waals surface area contributed by atoms with Crippen molar-refractivity contribution in [1.82, 2.24) is 5.32 Å². The van der Waals surface area contributed by atoms with Gasteiger partial charge < -0.3 is 10.1 Å². The summed E-state index contributed by atoms with van der Waals surface area (Å²) in [4.78, 5) is 22.8.